The van der Waals surface area contributed by atoms with E-state index in [9.17, 15) is 0 Å². The number of hydrogen-bond donors (Lipinski definition) is 2. The van der Waals surface area contributed by atoms with Crippen LogP contribution in [-0.4, -0.2) is 29.6 Å². The topological polar surface area (TPSA) is 94.2 Å². The van der Waals surface area contributed by atoms with Crippen LogP contribution in [0.3, 0.4) is 0 Å². The molecule has 1 aliphatic carbocycles. The molecule has 1 saturated heterocycles. The number of fused-ring (bicyclic) bond motifs is 3. The number of nitrogens with two attached hydrogens (primary N) is 2. The molecule has 0 saturated carbocycles. The summed E-state index contributed by atoms with van der Waals surface area (Å²) in [5.74, 6) is 2.75. The Morgan fingerprint density at radius 3 is 2.74 bits per heavy atom. The highest BCUT2D eigenvalue weighted by molar-refractivity contribution is 5.89. The summed E-state index contributed by atoms with van der Waals surface area (Å²) in [6.45, 7) is 7.01. The van der Waals surface area contributed by atoms with Crippen molar-refractivity contribution in [2.24, 2.45) is 11.7 Å². The van der Waals surface area contributed by atoms with Crippen LogP contribution in [0.15, 0.2) is 4.42 Å². The van der Waals surface area contributed by atoms with Crippen LogP contribution in [0.4, 0.5) is 11.8 Å². The Kier molecular flexibility index (Phi) is 3.92. The molecule has 2 aromatic rings. The van der Waals surface area contributed by atoms with Gasteiger partial charge >= 0.3 is 0 Å². The van der Waals surface area contributed by atoms with Gasteiger partial charge in [-0.05, 0) is 25.8 Å². The van der Waals surface area contributed by atoms with Gasteiger partial charge in [0.1, 0.15) is 11.3 Å². The minimum atomic E-state index is 0. The Hall–Kier alpha value is -1.53. The van der Waals surface area contributed by atoms with E-state index >= 15 is 0 Å². The van der Waals surface area contributed by atoms with E-state index < -0.39 is 0 Å². The van der Waals surface area contributed by atoms with E-state index in [-0.39, 0.29) is 17.8 Å². The molecule has 0 amide bonds. The largest absolute Gasteiger partial charge is 0.455 e. The third kappa shape index (κ3) is 2.44. The number of hydrogen-bond acceptors (Lipinski definition) is 6. The zero-order chi connectivity index (χ0) is 15.5. The summed E-state index contributed by atoms with van der Waals surface area (Å²) in [5.41, 5.74) is 14.6. The SMILES string of the molecule is CC1(C)CCCc2c1oc1c(N3CC(CN)C3)nc(N)nc21.Cl. The quantitative estimate of drug-likeness (QED) is 0.872. The molecule has 126 valence electrons. The second-order valence-electron chi connectivity index (χ2n) is 7.24. The molecule has 0 radical (unpaired) electrons. The lowest BCUT2D eigenvalue weighted by Crippen LogP contribution is -2.50. The number of nitrogen functional groups attached to an aromatic ring is 1. The first-order valence-electron chi connectivity index (χ1n) is 8.04. The van der Waals surface area contributed by atoms with E-state index in [0.29, 0.717) is 18.4 Å². The molecular weight excluding hydrogens is 314 g/mol. The van der Waals surface area contributed by atoms with E-state index in [1.807, 2.05) is 0 Å². The van der Waals surface area contributed by atoms with Gasteiger partial charge in [-0.15, -0.1) is 12.4 Å². The Morgan fingerprint density at radius 2 is 2.04 bits per heavy atom. The Bertz CT molecular complexity index is 736. The van der Waals surface area contributed by atoms with Gasteiger partial charge in [0.05, 0.1) is 0 Å². The number of nitrogens with zero attached hydrogens (tertiary/aromatic N) is 3. The van der Waals surface area contributed by atoms with Crippen molar-refractivity contribution >= 4 is 35.3 Å². The lowest BCUT2D eigenvalue weighted by Gasteiger charge is -2.39. The van der Waals surface area contributed by atoms with Crippen LogP contribution in [0, 0.1) is 5.92 Å². The van der Waals surface area contributed by atoms with Crippen LogP contribution in [0.5, 0.6) is 0 Å². The van der Waals surface area contributed by atoms with Crippen molar-refractivity contribution in [2.75, 3.05) is 30.3 Å². The minimum absolute atomic E-state index is 0. The fourth-order valence-electron chi connectivity index (χ4n) is 3.73. The first-order chi connectivity index (χ1) is 10.5. The van der Waals surface area contributed by atoms with Gasteiger partial charge in [-0.1, -0.05) is 13.8 Å². The second kappa shape index (κ2) is 5.53. The van der Waals surface area contributed by atoms with Crippen LogP contribution >= 0.6 is 12.4 Å². The van der Waals surface area contributed by atoms with Crippen molar-refractivity contribution in [1.82, 2.24) is 9.97 Å². The van der Waals surface area contributed by atoms with Gasteiger partial charge < -0.3 is 20.8 Å². The third-order valence-corrected chi connectivity index (χ3v) is 5.06. The summed E-state index contributed by atoms with van der Waals surface area (Å²) in [6.07, 6.45) is 3.30. The van der Waals surface area contributed by atoms with E-state index in [0.717, 1.165) is 55.0 Å². The molecule has 0 bridgehead atoms. The molecule has 6 nitrogen and oxygen atoms in total. The highest BCUT2D eigenvalue weighted by Crippen LogP contribution is 2.44. The van der Waals surface area contributed by atoms with Crippen LogP contribution in [0.1, 0.15) is 38.0 Å². The maximum atomic E-state index is 6.26. The average Bonchev–Trinajstić information content (AvgIpc) is 2.78. The molecule has 4 N–H and O–H groups in total. The molecule has 23 heavy (non-hydrogen) atoms. The smallest absolute Gasteiger partial charge is 0.222 e. The van der Waals surface area contributed by atoms with E-state index in [1.165, 1.54) is 5.56 Å². The fourth-order valence-corrected chi connectivity index (χ4v) is 3.73. The number of aryl methyl sites for hydroxylation is 1. The van der Waals surface area contributed by atoms with Gasteiger partial charge in [0.2, 0.25) is 5.95 Å². The predicted octanol–water partition coefficient (Wildman–Crippen LogP) is 2.24. The lowest BCUT2D eigenvalue weighted by molar-refractivity contribution is 0.344. The molecule has 2 aromatic heterocycles. The highest BCUT2D eigenvalue weighted by atomic mass is 35.5. The van der Waals surface area contributed by atoms with Gasteiger partial charge in [-0.25, -0.2) is 4.98 Å². The van der Waals surface area contributed by atoms with Crippen molar-refractivity contribution < 1.29 is 4.42 Å². The maximum absolute atomic E-state index is 6.26. The molecule has 7 heteroatoms. The van der Waals surface area contributed by atoms with Crippen LogP contribution < -0.4 is 16.4 Å². The number of halogens is 1. The van der Waals surface area contributed by atoms with Crippen molar-refractivity contribution in [3.8, 4) is 0 Å². The molecule has 1 aliphatic heterocycles. The number of anilines is 2. The first-order valence-corrected chi connectivity index (χ1v) is 8.04. The Labute approximate surface area is 142 Å². The Balaban J connectivity index is 0.00000156. The van der Waals surface area contributed by atoms with Gasteiger partial charge in [0.25, 0.3) is 0 Å². The van der Waals surface area contributed by atoms with Crippen LogP contribution in [-0.2, 0) is 11.8 Å². The lowest BCUT2D eigenvalue weighted by atomic mass is 9.77. The molecule has 0 atom stereocenters. The second-order valence-corrected chi connectivity index (χ2v) is 7.24. The number of rotatable bonds is 2. The molecule has 0 unspecified atom stereocenters. The monoisotopic (exact) mass is 337 g/mol. The summed E-state index contributed by atoms with van der Waals surface area (Å²) in [6, 6.07) is 0. The predicted molar refractivity (Wildman–Crippen MR) is 94.2 cm³/mol. The van der Waals surface area contributed by atoms with E-state index in [4.69, 9.17) is 15.9 Å². The van der Waals surface area contributed by atoms with Crippen LogP contribution in [0.2, 0.25) is 0 Å². The summed E-state index contributed by atoms with van der Waals surface area (Å²) in [5, 5.41) is 0. The summed E-state index contributed by atoms with van der Waals surface area (Å²) >= 11 is 0. The van der Waals surface area contributed by atoms with Gasteiger partial charge in [0, 0.05) is 30.0 Å². The molecule has 0 spiro atoms. The highest BCUT2D eigenvalue weighted by Gasteiger charge is 2.36. The molecule has 4 rings (SSSR count). The van der Waals surface area contributed by atoms with Crippen LogP contribution in [0.25, 0.3) is 11.1 Å². The average molecular weight is 338 g/mol. The summed E-state index contributed by atoms with van der Waals surface area (Å²) in [7, 11) is 0. The van der Waals surface area contributed by atoms with E-state index in [2.05, 4.69) is 28.7 Å². The number of aromatic nitrogens is 2. The van der Waals surface area contributed by atoms with Gasteiger partial charge in [-0.3, -0.25) is 0 Å². The molecule has 2 aliphatic rings. The zero-order valence-electron chi connectivity index (χ0n) is 13.6. The van der Waals surface area contributed by atoms with Crippen molar-refractivity contribution in [1.29, 1.82) is 0 Å². The van der Waals surface area contributed by atoms with Crippen molar-refractivity contribution in [3.05, 3.63) is 11.3 Å². The van der Waals surface area contributed by atoms with E-state index in [1.54, 1.807) is 0 Å². The molecule has 0 aromatic carbocycles. The minimum Gasteiger partial charge on any atom is -0.455 e. The molecule has 3 heterocycles. The molecule has 1 fully saturated rings. The fraction of sp³-hybridized carbons (Fsp3) is 0.625. The standard InChI is InChI=1S/C16H23N5O.ClH/c1-16(2)5-3-4-10-11-12(22-13(10)16)14(20-15(18)19-11)21-7-9(6-17)8-21;/h9H,3-8,17H2,1-2H3,(H2,18,19,20);1H. The van der Waals surface area contributed by atoms with Crippen molar-refractivity contribution in [2.45, 2.75) is 38.5 Å². The zero-order valence-corrected chi connectivity index (χ0v) is 14.4. The summed E-state index contributed by atoms with van der Waals surface area (Å²) in [4.78, 5) is 11.1. The maximum Gasteiger partial charge on any atom is 0.222 e. The first kappa shape index (κ1) is 16.3. The number of furan rings is 1. The van der Waals surface area contributed by atoms with Crippen molar-refractivity contribution in [3.63, 3.8) is 0 Å². The normalized spacial score (nSPS) is 20.0. The van der Waals surface area contributed by atoms with Gasteiger partial charge in [0.15, 0.2) is 11.4 Å². The Morgan fingerprint density at radius 1 is 1.30 bits per heavy atom. The third-order valence-electron chi connectivity index (χ3n) is 5.06. The molecular formula is C16H24ClN5O. The summed E-state index contributed by atoms with van der Waals surface area (Å²) < 4.78 is 6.26. The van der Waals surface area contributed by atoms with Gasteiger partial charge in [-0.2, -0.15) is 4.98 Å².